The molecule has 2 heterocycles. The van der Waals surface area contributed by atoms with Crippen LogP contribution in [0.5, 0.6) is 0 Å². The van der Waals surface area contributed by atoms with E-state index < -0.39 is 0 Å². The van der Waals surface area contributed by atoms with Gasteiger partial charge in [-0.25, -0.2) is 14.5 Å². The van der Waals surface area contributed by atoms with Crippen LogP contribution < -0.4 is 10.6 Å². The van der Waals surface area contributed by atoms with Crippen molar-refractivity contribution in [1.82, 2.24) is 25.6 Å². The predicted molar refractivity (Wildman–Crippen MR) is 115 cm³/mol. The van der Waals surface area contributed by atoms with E-state index in [0.29, 0.717) is 18.1 Å². The van der Waals surface area contributed by atoms with Gasteiger partial charge in [-0.1, -0.05) is 43.3 Å². The van der Waals surface area contributed by atoms with Crippen LogP contribution in [-0.2, 0) is 6.54 Å². The first-order chi connectivity index (χ1) is 14.6. The Bertz CT molecular complexity index is 1110. The third kappa shape index (κ3) is 4.27. The molecule has 152 valence electrons. The predicted octanol–water partition coefficient (Wildman–Crippen LogP) is 4.07. The fourth-order valence-corrected chi connectivity index (χ4v) is 3.38. The van der Waals surface area contributed by atoms with Gasteiger partial charge in [-0.2, -0.15) is 0 Å². The number of halogens is 1. The monoisotopic (exact) mass is 403 g/mol. The van der Waals surface area contributed by atoms with Crippen LogP contribution in [0.1, 0.15) is 18.9 Å². The van der Waals surface area contributed by atoms with Crippen molar-refractivity contribution in [2.24, 2.45) is 0 Å². The number of anilines is 2. The molecule has 30 heavy (non-hydrogen) atoms. The van der Waals surface area contributed by atoms with Crippen LogP contribution in [0.3, 0.4) is 0 Å². The van der Waals surface area contributed by atoms with Gasteiger partial charge in [0.1, 0.15) is 11.6 Å². The summed E-state index contributed by atoms with van der Waals surface area (Å²) in [5.74, 6) is 1.08. The summed E-state index contributed by atoms with van der Waals surface area (Å²) in [7, 11) is 0. The molecular formula is C22H22FN7. The summed E-state index contributed by atoms with van der Waals surface area (Å²) >= 11 is 0. The Labute approximate surface area is 173 Å². The zero-order valence-electron chi connectivity index (χ0n) is 16.6. The van der Waals surface area contributed by atoms with Crippen molar-refractivity contribution in [3.05, 3.63) is 72.0 Å². The number of H-pyrrole nitrogens is 1. The quantitative estimate of drug-likeness (QED) is 0.483. The zero-order chi connectivity index (χ0) is 20.9. The number of nitrogens with zero attached hydrogens (tertiary/aromatic N) is 5. The summed E-state index contributed by atoms with van der Waals surface area (Å²) in [6, 6.07) is 18.0. The maximum atomic E-state index is 13.3. The molecule has 0 fully saturated rings. The van der Waals surface area contributed by atoms with Gasteiger partial charge in [-0.05, 0) is 40.6 Å². The molecule has 2 aromatic heterocycles. The highest BCUT2D eigenvalue weighted by Gasteiger charge is 2.15. The SMILES string of the molecule is CCCN(Cc1ccc(F)cc1)c1cc(N)cc(-c2ccccc2-c2nnn[nH]2)n1. The van der Waals surface area contributed by atoms with Crippen LogP contribution in [-0.4, -0.2) is 32.2 Å². The number of rotatable bonds is 7. The van der Waals surface area contributed by atoms with Gasteiger partial charge in [0.05, 0.1) is 5.69 Å². The fourth-order valence-electron chi connectivity index (χ4n) is 3.38. The number of nitrogens with one attached hydrogen (secondary N) is 1. The lowest BCUT2D eigenvalue weighted by Gasteiger charge is -2.24. The van der Waals surface area contributed by atoms with E-state index in [1.165, 1.54) is 12.1 Å². The number of hydrogen-bond acceptors (Lipinski definition) is 6. The van der Waals surface area contributed by atoms with Gasteiger partial charge in [0.25, 0.3) is 0 Å². The van der Waals surface area contributed by atoms with Gasteiger partial charge in [0.15, 0.2) is 5.82 Å². The summed E-state index contributed by atoms with van der Waals surface area (Å²) < 4.78 is 13.3. The number of aromatic amines is 1. The van der Waals surface area contributed by atoms with E-state index in [-0.39, 0.29) is 5.82 Å². The normalized spacial score (nSPS) is 10.9. The number of nitrogens with two attached hydrogens (primary N) is 1. The third-order valence-electron chi connectivity index (χ3n) is 4.74. The first kappa shape index (κ1) is 19.5. The average Bonchev–Trinajstić information content (AvgIpc) is 3.29. The van der Waals surface area contributed by atoms with Gasteiger partial charge in [-0.3, -0.25) is 0 Å². The second-order valence-electron chi connectivity index (χ2n) is 6.99. The van der Waals surface area contributed by atoms with E-state index in [9.17, 15) is 4.39 Å². The van der Waals surface area contributed by atoms with Crippen LogP contribution in [0, 0.1) is 5.82 Å². The molecule has 0 saturated heterocycles. The molecule has 0 radical (unpaired) electrons. The molecular weight excluding hydrogens is 381 g/mol. The summed E-state index contributed by atoms with van der Waals surface area (Å²) in [6.45, 7) is 3.51. The number of nitrogen functional groups attached to an aromatic ring is 1. The number of hydrogen-bond donors (Lipinski definition) is 2. The van der Waals surface area contributed by atoms with Crippen LogP contribution >= 0.6 is 0 Å². The van der Waals surface area contributed by atoms with E-state index >= 15 is 0 Å². The lowest BCUT2D eigenvalue weighted by molar-refractivity contribution is 0.626. The Hall–Kier alpha value is -3.81. The van der Waals surface area contributed by atoms with Gasteiger partial charge in [0.2, 0.25) is 0 Å². The lowest BCUT2D eigenvalue weighted by atomic mass is 10.0. The standard InChI is InChI=1S/C22H22FN7/c1-2-11-30(14-15-7-9-16(23)10-8-15)21-13-17(24)12-20(25-21)18-5-3-4-6-19(18)22-26-28-29-27-22/h3-10,12-13H,2,11,14H2,1H3,(H2,24,25)(H,26,27,28,29). The Morgan fingerprint density at radius 3 is 2.50 bits per heavy atom. The third-order valence-corrected chi connectivity index (χ3v) is 4.74. The molecule has 0 spiro atoms. The van der Waals surface area contributed by atoms with E-state index in [1.54, 1.807) is 12.1 Å². The maximum Gasteiger partial charge on any atom is 0.180 e. The topological polar surface area (TPSA) is 96.6 Å². The zero-order valence-corrected chi connectivity index (χ0v) is 16.6. The van der Waals surface area contributed by atoms with E-state index in [0.717, 1.165) is 41.2 Å². The number of tetrazole rings is 1. The molecule has 8 heteroatoms. The minimum atomic E-state index is -0.247. The Kier molecular flexibility index (Phi) is 5.65. The molecule has 0 unspecified atom stereocenters. The molecule has 0 saturated carbocycles. The first-order valence-corrected chi connectivity index (χ1v) is 9.74. The Morgan fingerprint density at radius 1 is 1.03 bits per heavy atom. The van der Waals surface area contributed by atoms with Gasteiger partial charge in [-0.15, -0.1) is 5.10 Å². The van der Waals surface area contributed by atoms with Crippen molar-refractivity contribution in [2.75, 3.05) is 17.2 Å². The van der Waals surface area contributed by atoms with Crippen molar-refractivity contribution < 1.29 is 4.39 Å². The van der Waals surface area contributed by atoms with Crippen molar-refractivity contribution in [2.45, 2.75) is 19.9 Å². The molecule has 4 aromatic rings. The van der Waals surface area contributed by atoms with Gasteiger partial charge >= 0.3 is 0 Å². The molecule has 0 aliphatic carbocycles. The number of pyridine rings is 1. The summed E-state index contributed by atoms with van der Waals surface area (Å²) in [6.07, 6.45) is 0.938. The van der Waals surface area contributed by atoms with Crippen LogP contribution in [0.2, 0.25) is 0 Å². The Balaban J connectivity index is 1.73. The second kappa shape index (κ2) is 8.69. The minimum absolute atomic E-state index is 0.247. The summed E-state index contributed by atoms with van der Waals surface area (Å²) in [5, 5.41) is 14.2. The number of benzene rings is 2. The van der Waals surface area contributed by atoms with Gasteiger partial charge in [0, 0.05) is 36.0 Å². The fraction of sp³-hybridized carbons (Fsp3) is 0.182. The maximum absolute atomic E-state index is 13.3. The molecule has 0 amide bonds. The molecule has 3 N–H and O–H groups in total. The average molecular weight is 403 g/mol. The highest BCUT2D eigenvalue weighted by Crippen LogP contribution is 2.31. The molecule has 0 atom stereocenters. The molecule has 4 rings (SSSR count). The van der Waals surface area contributed by atoms with Crippen molar-refractivity contribution in [3.63, 3.8) is 0 Å². The van der Waals surface area contributed by atoms with E-state index in [4.69, 9.17) is 10.7 Å². The van der Waals surface area contributed by atoms with Crippen LogP contribution in [0.15, 0.2) is 60.7 Å². The van der Waals surface area contributed by atoms with E-state index in [1.807, 2.05) is 36.4 Å². The van der Waals surface area contributed by atoms with Gasteiger partial charge < -0.3 is 10.6 Å². The Morgan fingerprint density at radius 2 is 1.80 bits per heavy atom. The number of aromatic nitrogens is 5. The first-order valence-electron chi connectivity index (χ1n) is 9.74. The minimum Gasteiger partial charge on any atom is -0.399 e. The van der Waals surface area contributed by atoms with Crippen molar-refractivity contribution in [1.29, 1.82) is 0 Å². The van der Waals surface area contributed by atoms with E-state index in [2.05, 4.69) is 32.4 Å². The smallest absolute Gasteiger partial charge is 0.180 e. The lowest BCUT2D eigenvalue weighted by Crippen LogP contribution is -2.24. The van der Waals surface area contributed by atoms with Crippen molar-refractivity contribution in [3.8, 4) is 22.6 Å². The van der Waals surface area contributed by atoms with Crippen LogP contribution in [0.4, 0.5) is 15.9 Å². The molecule has 0 aliphatic rings. The molecule has 0 bridgehead atoms. The second-order valence-corrected chi connectivity index (χ2v) is 6.99. The highest BCUT2D eigenvalue weighted by atomic mass is 19.1. The van der Waals surface area contributed by atoms with Crippen LogP contribution in [0.25, 0.3) is 22.6 Å². The molecule has 0 aliphatic heterocycles. The summed E-state index contributed by atoms with van der Waals surface area (Å²) in [5.41, 5.74) is 10.3. The highest BCUT2D eigenvalue weighted by molar-refractivity contribution is 5.80. The molecule has 7 nitrogen and oxygen atoms in total. The van der Waals surface area contributed by atoms with Crippen molar-refractivity contribution >= 4 is 11.5 Å². The molecule has 2 aromatic carbocycles. The summed E-state index contributed by atoms with van der Waals surface area (Å²) in [4.78, 5) is 7.04. The largest absolute Gasteiger partial charge is 0.399 e.